The van der Waals surface area contributed by atoms with E-state index in [0.717, 1.165) is 5.57 Å². The van der Waals surface area contributed by atoms with E-state index in [1.807, 2.05) is 19.1 Å². The summed E-state index contributed by atoms with van der Waals surface area (Å²) in [5.74, 6) is 1.65. The van der Waals surface area contributed by atoms with Gasteiger partial charge in [-0.05, 0) is 24.3 Å². The van der Waals surface area contributed by atoms with Crippen LogP contribution in [0.4, 0.5) is 0 Å². The molecule has 0 aliphatic carbocycles. The molecule has 0 spiro atoms. The van der Waals surface area contributed by atoms with Crippen LogP contribution in [-0.4, -0.2) is 5.11 Å². The summed E-state index contributed by atoms with van der Waals surface area (Å²) in [6.45, 7) is 12.5. The molecule has 1 atom stereocenters. The fourth-order valence-corrected chi connectivity index (χ4v) is 1.33. The van der Waals surface area contributed by atoms with Gasteiger partial charge >= 0.3 is 0 Å². The Morgan fingerprint density at radius 2 is 1.57 bits per heavy atom. The Morgan fingerprint density at radius 1 is 1.07 bits per heavy atom. The molecule has 0 saturated heterocycles. The van der Waals surface area contributed by atoms with E-state index >= 15 is 0 Å². The van der Waals surface area contributed by atoms with Crippen molar-refractivity contribution in [3.8, 4) is 0 Å². The molecule has 1 heteroatoms. The van der Waals surface area contributed by atoms with E-state index in [1.165, 1.54) is 0 Å². The van der Waals surface area contributed by atoms with Crippen molar-refractivity contribution >= 4 is 0 Å². The highest BCUT2D eigenvalue weighted by Crippen LogP contribution is 2.25. The van der Waals surface area contributed by atoms with Crippen LogP contribution in [0.3, 0.4) is 0 Å². The molecule has 0 heterocycles. The van der Waals surface area contributed by atoms with Gasteiger partial charge in [0.25, 0.3) is 0 Å². The summed E-state index contributed by atoms with van der Waals surface area (Å²) in [5, 5.41) is 10.1. The van der Waals surface area contributed by atoms with Gasteiger partial charge in [0.15, 0.2) is 0 Å². The Balaban J connectivity index is 4.98. The summed E-state index contributed by atoms with van der Waals surface area (Å²) >= 11 is 0. The first kappa shape index (κ1) is 13.3. The molecule has 0 amide bonds. The second kappa shape index (κ2) is 5.90. The summed E-state index contributed by atoms with van der Waals surface area (Å²) in [4.78, 5) is 0. The molecular weight excluding hydrogens is 172 g/mol. The second-order valence-corrected chi connectivity index (χ2v) is 4.53. The standard InChI is InChI=1S/C13H24O/c1-7-8-12(10(4)5)13(14)11(6)9(2)3/h7-11,14H,1-6H3/b8-7-,13-12-. The Bertz CT molecular complexity index is 221. The van der Waals surface area contributed by atoms with Gasteiger partial charge in [-0.15, -0.1) is 0 Å². The van der Waals surface area contributed by atoms with Crippen LogP contribution in [0.1, 0.15) is 41.5 Å². The van der Waals surface area contributed by atoms with E-state index in [1.54, 1.807) is 0 Å². The maximum Gasteiger partial charge on any atom is 0.0987 e. The third-order valence-corrected chi connectivity index (χ3v) is 2.70. The molecule has 0 aromatic rings. The lowest BCUT2D eigenvalue weighted by atomic mass is 9.89. The van der Waals surface area contributed by atoms with E-state index in [2.05, 4.69) is 34.6 Å². The average Bonchev–Trinajstić information content (AvgIpc) is 2.11. The van der Waals surface area contributed by atoms with E-state index in [0.29, 0.717) is 17.6 Å². The minimum absolute atomic E-state index is 0.239. The lowest BCUT2D eigenvalue weighted by molar-refractivity contribution is 0.288. The maximum absolute atomic E-state index is 10.1. The molecule has 0 aliphatic rings. The Kier molecular flexibility index (Phi) is 5.59. The summed E-state index contributed by atoms with van der Waals surface area (Å²) in [6.07, 6.45) is 4.00. The van der Waals surface area contributed by atoms with Crippen molar-refractivity contribution in [3.63, 3.8) is 0 Å². The quantitative estimate of drug-likeness (QED) is 0.524. The van der Waals surface area contributed by atoms with Crippen LogP contribution >= 0.6 is 0 Å². The SMILES string of the molecule is C/C=C\C(=C(\O)C(C)C(C)C)C(C)C. The van der Waals surface area contributed by atoms with E-state index in [-0.39, 0.29) is 5.92 Å². The van der Waals surface area contributed by atoms with Gasteiger partial charge in [0.1, 0.15) is 0 Å². The van der Waals surface area contributed by atoms with Crippen molar-refractivity contribution < 1.29 is 5.11 Å². The Hall–Kier alpha value is -0.720. The summed E-state index contributed by atoms with van der Waals surface area (Å²) < 4.78 is 0. The fourth-order valence-electron chi connectivity index (χ4n) is 1.33. The number of allylic oxidation sites excluding steroid dienone is 4. The lowest BCUT2D eigenvalue weighted by Gasteiger charge is -2.19. The van der Waals surface area contributed by atoms with Gasteiger partial charge < -0.3 is 5.11 Å². The first-order valence-corrected chi connectivity index (χ1v) is 5.47. The highest BCUT2D eigenvalue weighted by atomic mass is 16.3. The molecule has 0 rings (SSSR count). The predicted octanol–water partition coefficient (Wildman–Crippen LogP) is 4.32. The molecule has 0 fully saturated rings. The van der Waals surface area contributed by atoms with Crippen molar-refractivity contribution in [1.82, 2.24) is 0 Å². The van der Waals surface area contributed by atoms with Gasteiger partial charge in [-0.3, -0.25) is 0 Å². The van der Waals surface area contributed by atoms with Gasteiger partial charge in [-0.2, -0.15) is 0 Å². The van der Waals surface area contributed by atoms with Gasteiger partial charge in [0.2, 0.25) is 0 Å². The maximum atomic E-state index is 10.1. The zero-order valence-electron chi connectivity index (χ0n) is 10.3. The number of hydrogen-bond acceptors (Lipinski definition) is 1. The molecule has 14 heavy (non-hydrogen) atoms. The van der Waals surface area contributed by atoms with Crippen molar-refractivity contribution in [1.29, 1.82) is 0 Å². The predicted molar refractivity (Wildman–Crippen MR) is 63.3 cm³/mol. The lowest BCUT2D eigenvalue weighted by Crippen LogP contribution is -2.11. The van der Waals surface area contributed by atoms with Gasteiger partial charge in [0, 0.05) is 5.92 Å². The molecule has 82 valence electrons. The van der Waals surface area contributed by atoms with Crippen molar-refractivity contribution in [3.05, 3.63) is 23.5 Å². The van der Waals surface area contributed by atoms with Gasteiger partial charge in [0.05, 0.1) is 5.76 Å². The van der Waals surface area contributed by atoms with Crippen LogP contribution in [0.15, 0.2) is 23.5 Å². The zero-order valence-corrected chi connectivity index (χ0v) is 10.3. The van der Waals surface area contributed by atoms with Gasteiger partial charge in [-0.25, -0.2) is 0 Å². The highest BCUT2D eigenvalue weighted by Gasteiger charge is 2.16. The molecule has 1 nitrogen and oxygen atoms in total. The topological polar surface area (TPSA) is 20.2 Å². The van der Waals surface area contributed by atoms with Crippen molar-refractivity contribution in [2.75, 3.05) is 0 Å². The molecule has 1 unspecified atom stereocenters. The van der Waals surface area contributed by atoms with Crippen LogP contribution < -0.4 is 0 Å². The van der Waals surface area contributed by atoms with Gasteiger partial charge in [-0.1, -0.05) is 46.8 Å². The fraction of sp³-hybridized carbons (Fsp3) is 0.692. The van der Waals surface area contributed by atoms with E-state index < -0.39 is 0 Å². The van der Waals surface area contributed by atoms with Crippen LogP contribution in [0, 0.1) is 17.8 Å². The second-order valence-electron chi connectivity index (χ2n) is 4.53. The number of aliphatic hydroxyl groups excluding tert-OH is 1. The monoisotopic (exact) mass is 196 g/mol. The molecule has 1 N–H and O–H groups in total. The zero-order chi connectivity index (χ0) is 11.3. The first-order chi connectivity index (χ1) is 6.41. The number of hydrogen-bond donors (Lipinski definition) is 1. The highest BCUT2D eigenvalue weighted by molar-refractivity contribution is 5.24. The molecule has 0 saturated carbocycles. The first-order valence-electron chi connectivity index (χ1n) is 5.47. The number of rotatable bonds is 4. The summed E-state index contributed by atoms with van der Waals surface area (Å²) in [6, 6.07) is 0. The van der Waals surface area contributed by atoms with Crippen molar-refractivity contribution in [2.45, 2.75) is 41.5 Å². The van der Waals surface area contributed by atoms with Crippen LogP contribution in [0.5, 0.6) is 0 Å². The minimum atomic E-state index is 0.239. The van der Waals surface area contributed by atoms with E-state index in [4.69, 9.17) is 0 Å². The minimum Gasteiger partial charge on any atom is -0.512 e. The Labute approximate surface area is 88.5 Å². The third-order valence-electron chi connectivity index (χ3n) is 2.70. The van der Waals surface area contributed by atoms with Crippen LogP contribution in [0.2, 0.25) is 0 Å². The van der Waals surface area contributed by atoms with Crippen LogP contribution in [0.25, 0.3) is 0 Å². The molecule has 0 aliphatic heterocycles. The molecular formula is C13H24O. The number of aliphatic hydroxyl groups is 1. The summed E-state index contributed by atoms with van der Waals surface area (Å²) in [5.41, 5.74) is 1.06. The van der Waals surface area contributed by atoms with E-state index in [9.17, 15) is 5.11 Å². The Morgan fingerprint density at radius 3 is 1.86 bits per heavy atom. The van der Waals surface area contributed by atoms with Crippen LogP contribution in [-0.2, 0) is 0 Å². The molecule has 0 bridgehead atoms. The smallest absolute Gasteiger partial charge is 0.0987 e. The summed E-state index contributed by atoms with van der Waals surface area (Å²) in [7, 11) is 0. The largest absolute Gasteiger partial charge is 0.512 e. The molecule has 0 aromatic heterocycles. The average molecular weight is 196 g/mol. The van der Waals surface area contributed by atoms with Crippen molar-refractivity contribution in [2.24, 2.45) is 17.8 Å². The molecule has 0 aromatic carbocycles. The third kappa shape index (κ3) is 3.57. The molecule has 0 radical (unpaired) electrons. The normalized spacial score (nSPS) is 16.6.